The van der Waals surface area contributed by atoms with Crippen molar-refractivity contribution in [2.24, 2.45) is 0 Å². The first kappa shape index (κ1) is 19.6. The molecular weight excluding hydrogens is 336 g/mol. The van der Waals surface area contributed by atoms with Gasteiger partial charge in [0.25, 0.3) is 0 Å². The van der Waals surface area contributed by atoms with E-state index in [-0.39, 0.29) is 36.3 Å². The summed E-state index contributed by atoms with van der Waals surface area (Å²) < 4.78 is 5.18. The molecule has 26 heavy (non-hydrogen) atoms. The highest BCUT2D eigenvalue weighted by molar-refractivity contribution is 5.84. The standard InChI is InChI=1S/C18H26N4O4/c1-12(23)20-16-11-22(17(24)9-19-18(25)21(2)3)10-15(16)13-5-7-14(26-4)8-6-13/h5-8,15-16H,9-11H2,1-4H3,(H,19,25)(H,20,23). The van der Waals surface area contributed by atoms with Gasteiger partial charge in [0.15, 0.2) is 0 Å². The highest BCUT2D eigenvalue weighted by Gasteiger charge is 2.36. The number of nitrogens with zero attached hydrogens (tertiary/aromatic N) is 2. The van der Waals surface area contributed by atoms with Gasteiger partial charge in [-0.3, -0.25) is 9.59 Å². The topological polar surface area (TPSA) is 91.0 Å². The lowest BCUT2D eigenvalue weighted by molar-refractivity contribution is -0.129. The van der Waals surface area contributed by atoms with Crippen molar-refractivity contribution in [2.75, 3.05) is 40.8 Å². The second-order valence-electron chi connectivity index (χ2n) is 6.54. The summed E-state index contributed by atoms with van der Waals surface area (Å²) >= 11 is 0. The minimum Gasteiger partial charge on any atom is -0.497 e. The van der Waals surface area contributed by atoms with Gasteiger partial charge in [0.1, 0.15) is 5.75 Å². The molecule has 0 aromatic heterocycles. The van der Waals surface area contributed by atoms with Gasteiger partial charge in [-0.05, 0) is 17.7 Å². The number of carbonyl (C=O) groups is 3. The normalized spacial score (nSPS) is 19.0. The molecule has 2 atom stereocenters. The van der Waals surface area contributed by atoms with E-state index in [0.29, 0.717) is 13.1 Å². The molecular formula is C18H26N4O4. The van der Waals surface area contributed by atoms with Crippen LogP contribution in [0.2, 0.25) is 0 Å². The molecule has 4 amide bonds. The smallest absolute Gasteiger partial charge is 0.317 e. The average Bonchev–Trinajstić information content (AvgIpc) is 3.02. The summed E-state index contributed by atoms with van der Waals surface area (Å²) in [4.78, 5) is 38.6. The van der Waals surface area contributed by atoms with Crippen molar-refractivity contribution in [1.82, 2.24) is 20.4 Å². The number of rotatable bonds is 5. The van der Waals surface area contributed by atoms with Crippen LogP contribution in [0, 0.1) is 0 Å². The molecule has 1 aromatic rings. The summed E-state index contributed by atoms with van der Waals surface area (Å²) in [6, 6.07) is 7.13. The summed E-state index contributed by atoms with van der Waals surface area (Å²) in [5.41, 5.74) is 1.03. The van der Waals surface area contributed by atoms with Crippen LogP contribution in [-0.2, 0) is 9.59 Å². The van der Waals surface area contributed by atoms with E-state index in [1.165, 1.54) is 11.8 Å². The van der Waals surface area contributed by atoms with E-state index >= 15 is 0 Å². The van der Waals surface area contributed by atoms with Crippen LogP contribution in [0.15, 0.2) is 24.3 Å². The number of benzene rings is 1. The Morgan fingerprint density at radius 3 is 2.38 bits per heavy atom. The van der Waals surface area contributed by atoms with E-state index in [2.05, 4.69) is 10.6 Å². The zero-order valence-corrected chi connectivity index (χ0v) is 15.6. The van der Waals surface area contributed by atoms with Crippen LogP contribution in [0.1, 0.15) is 18.4 Å². The van der Waals surface area contributed by atoms with E-state index < -0.39 is 0 Å². The maximum atomic E-state index is 12.4. The molecule has 1 aliphatic rings. The van der Waals surface area contributed by atoms with Gasteiger partial charge in [-0.25, -0.2) is 4.79 Å². The molecule has 1 heterocycles. The second-order valence-corrected chi connectivity index (χ2v) is 6.54. The molecule has 0 radical (unpaired) electrons. The molecule has 1 aromatic carbocycles. The number of urea groups is 1. The number of carbonyl (C=O) groups excluding carboxylic acids is 3. The van der Waals surface area contributed by atoms with E-state index in [4.69, 9.17) is 4.74 Å². The van der Waals surface area contributed by atoms with Crippen molar-refractivity contribution in [3.8, 4) is 5.75 Å². The van der Waals surface area contributed by atoms with Gasteiger partial charge in [-0.2, -0.15) is 0 Å². The average molecular weight is 362 g/mol. The van der Waals surface area contributed by atoms with Crippen molar-refractivity contribution in [3.63, 3.8) is 0 Å². The Bertz CT molecular complexity index is 660. The van der Waals surface area contributed by atoms with Gasteiger partial charge in [0, 0.05) is 40.0 Å². The molecule has 0 spiro atoms. The van der Waals surface area contributed by atoms with Gasteiger partial charge in [0.2, 0.25) is 11.8 Å². The Morgan fingerprint density at radius 2 is 1.85 bits per heavy atom. The van der Waals surface area contributed by atoms with Crippen molar-refractivity contribution in [3.05, 3.63) is 29.8 Å². The molecule has 8 heteroatoms. The van der Waals surface area contributed by atoms with E-state index in [9.17, 15) is 14.4 Å². The molecule has 0 bridgehead atoms. The molecule has 0 aliphatic carbocycles. The molecule has 142 valence electrons. The monoisotopic (exact) mass is 362 g/mol. The lowest BCUT2D eigenvalue weighted by Gasteiger charge is -2.19. The van der Waals surface area contributed by atoms with Crippen LogP contribution in [0.3, 0.4) is 0 Å². The van der Waals surface area contributed by atoms with E-state index in [1.807, 2.05) is 24.3 Å². The number of nitrogens with one attached hydrogen (secondary N) is 2. The van der Waals surface area contributed by atoms with Crippen LogP contribution >= 0.6 is 0 Å². The molecule has 1 fully saturated rings. The van der Waals surface area contributed by atoms with Crippen LogP contribution in [-0.4, -0.2) is 74.5 Å². The Hall–Kier alpha value is -2.77. The quantitative estimate of drug-likeness (QED) is 0.793. The van der Waals surface area contributed by atoms with Gasteiger partial charge < -0.3 is 25.2 Å². The minimum absolute atomic E-state index is 0.0155. The Kier molecular flexibility index (Phi) is 6.43. The third-order valence-corrected chi connectivity index (χ3v) is 4.40. The summed E-state index contributed by atoms with van der Waals surface area (Å²) in [5, 5.41) is 5.50. The lowest BCUT2D eigenvalue weighted by Crippen LogP contribution is -2.44. The molecule has 1 aliphatic heterocycles. The SMILES string of the molecule is COc1ccc(C2CN(C(=O)CNC(=O)N(C)C)CC2NC(C)=O)cc1. The van der Waals surface area contributed by atoms with Crippen LogP contribution < -0.4 is 15.4 Å². The molecule has 2 N–H and O–H groups in total. The fraction of sp³-hybridized carbons (Fsp3) is 0.500. The van der Waals surface area contributed by atoms with E-state index in [1.54, 1.807) is 26.1 Å². The number of ether oxygens (including phenoxy) is 1. The molecule has 2 rings (SSSR count). The number of amides is 4. The molecule has 2 unspecified atom stereocenters. The Labute approximate surface area is 153 Å². The number of likely N-dealkylation sites (tertiary alicyclic amines) is 1. The predicted octanol–water partition coefficient (Wildman–Crippen LogP) is 0.397. The van der Waals surface area contributed by atoms with Gasteiger partial charge in [-0.1, -0.05) is 12.1 Å². The van der Waals surface area contributed by atoms with Crippen molar-refractivity contribution in [1.29, 1.82) is 0 Å². The zero-order valence-electron chi connectivity index (χ0n) is 15.6. The maximum Gasteiger partial charge on any atom is 0.317 e. The summed E-state index contributed by atoms with van der Waals surface area (Å²) in [6.07, 6.45) is 0. The first-order valence-electron chi connectivity index (χ1n) is 8.45. The predicted molar refractivity (Wildman–Crippen MR) is 97.0 cm³/mol. The molecule has 8 nitrogen and oxygen atoms in total. The Morgan fingerprint density at radius 1 is 1.19 bits per heavy atom. The van der Waals surface area contributed by atoms with Gasteiger partial charge in [-0.15, -0.1) is 0 Å². The van der Waals surface area contributed by atoms with Crippen LogP contribution in [0.5, 0.6) is 5.75 Å². The summed E-state index contributed by atoms with van der Waals surface area (Å²) in [6.45, 7) is 2.28. The van der Waals surface area contributed by atoms with E-state index in [0.717, 1.165) is 11.3 Å². The minimum atomic E-state index is -0.317. The lowest BCUT2D eigenvalue weighted by atomic mass is 9.94. The van der Waals surface area contributed by atoms with Gasteiger partial charge in [0.05, 0.1) is 19.7 Å². The first-order chi connectivity index (χ1) is 12.3. The van der Waals surface area contributed by atoms with Crippen molar-refractivity contribution >= 4 is 17.8 Å². The third-order valence-electron chi connectivity index (χ3n) is 4.40. The molecule has 0 saturated carbocycles. The maximum absolute atomic E-state index is 12.4. The highest BCUT2D eigenvalue weighted by Crippen LogP contribution is 2.29. The fourth-order valence-corrected chi connectivity index (χ4v) is 3.02. The number of hydrogen-bond acceptors (Lipinski definition) is 4. The third kappa shape index (κ3) is 4.87. The van der Waals surface area contributed by atoms with Crippen molar-refractivity contribution in [2.45, 2.75) is 18.9 Å². The zero-order chi connectivity index (χ0) is 19.3. The van der Waals surface area contributed by atoms with Crippen LogP contribution in [0.4, 0.5) is 4.79 Å². The first-order valence-corrected chi connectivity index (χ1v) is 8.45. The highest BCUT2D eigenvalue weighted by atomic mass is 16.5. The Balaban J connectivity index is 2.08. The summed E-state index contributed by atoms with van der Waals surface area (Å²) in [5.74, 6) is 0.427. The van der Waals surface area contributed by atoms with Crippen molar-refractivity contribution < 1.29 is 19.1 Å². The fourth-order valence-electron chi connectivity index (χ4n) is 3.02. The number of methoxy groups -OCH3 is 1. The second kappa shape index (κ2) is 8.55. The summed E-state index contributed by atoms with van der Waals surface area (Å²) in [7, 11) is 4.83. The molecule has 1 saturated heterocycles. The number of hydrogen-bond donors (Lipinski definition) is 2. The van der Waals surface area contributed by atoms with Gasteiger partial charge >= 0.3 is 6.03 Å². The largest absolute Gasteiger partial charge is 0.497 e. The van der Waals surface area contributed by atoms with Crippen LogP contribution in [0.25, 0.3) is 0 Å².